The van der Waals surface area contributed by atoms with Gasteiger partial charge in [0.25, 0.3) is 0 Å². The van der Waals surface area contributed by atoms with Crippen LogP contribution in [0.2, 0.25) is 0 Å². The number of carbonyl (C=O) groups is 1. The number of piperidine rings is 1. The molecule has 18 heavy (non-hydrogen) atoms. The van der Waals surface area contributed by atoms with Gasteiger partial charge >= 0.3 is 0 Å². The van der Waals surface area contributed by atoms with Crippen molar-refractivity contribution in [1.82, 2.24) is 9.62 Å². The van der Waals surface area contributed by atoms with Crippen LogP contribution in [0.5, 0.6) is 0 Å². The number of likely N-dealkylation sites (tertiary alicyclic amines) is 1. The van der Waals surface area contributed by atoms with Gasteiger partial charge in [-0.05, 0) is 12.8 Å². The monoisotopic (exact) mass is 280 g/mol. The number of hydrogen-bond acceptors (Lipinski definition) is 4. The minimum Gasteiger partial charge on any atom is -0.378 e. The van der Waals surface area contributed by atoms with Crippen molar-refractivity contribution < 1.29 is 22.3 Å². The van der Waals surface area contributed by atoms with E-state index in [0.29, 0.717) is 13.0 Å². The summed E-state index contributed by atoms with van der Waals surface area (Å²) in [7, 11) is -1.88. The second-order valence-corrected chi connectivity index (χ2v) is 6.51. The highest BCUT2D eigenvalue weighted by Gasteiger charge is 2.38. The number of carbonyl (C=O) groups excluding carboxylic acids is 1. The molecule has 1 amide bonds. The highest BCUT2D eigenvalue weighted by Crippen LogP contribution is 2.19. The summed E-state index contributed by atoms with van der Waals surface area (Å²) < 4.78 is 43.3. The molecule has 104 valence electrons. The van der Waals surface area contributed by atoms with Gasteiger partial charge in [0.05, 0.1) is 18.4 Å². The van der Waals surface area contributed by atoms with Gasteiger partial charge in [-0.15, -0.1) is 0 Å². The molecular formula is C10H17FN2O4S. The Labute approximate surface area is 106 Å². The van der Waals surface area contributed by atoms with Gasteiger partial charge in [-0.3, -0.25) is 4.79 Å². The van der Waals surface area contributed by atoms with E-state index < -0.39 is 28.3 Å². The van der Waals surface area contributed by atoms with Crippen molar-refractivity contribution in [3.05, 3.63) is 0 Å². The second-order valence-electron chi connectivity index (χ2n) is 4.64. The third kappa shape index (κ3) is 2.81. The number of amides is 1. The number of nitrogens with one attached hydrogen (secondary N) is 1. The lowest BCUT2D eigenvalue weighted by atomic mass is 10.0. The molecule has 0 aromatic carbocycles. The Morgan fingerprint density at radius 1 is 1.44 bits per heavy atom. The maximum atomic E-state index is 13.6. The molecule has 0 aliphatic carbocycles. The molecule has 2 aliphatic rings. The largest absolute Gasteiger partial charge is 0.378 e. The molecule has 8 heteroatoms. The van der Waals surface area contributed by atoms with E-state index in [1.807, 2.05) is 0 Å². The Bertz CT molecular complexity index is 428. The first-order valence-electron chi connectivity index (χ1n) is 5.88. The summed E-state index contributed by atoms with van der Waals surface area (Å²) in [6.07, 6.45) is -1.01. The van der Waals surface area contributed by atoms with E-state index in [0.717, 1.165) is 0 Å². The zero-order valence-electron chi connectivity index (χ0n) is 10.1. The summed E-state index contributed by atoms with van der Waals surface area (Å²) in [5, 5.41) is 0. The van der Waals surface area contributed by atoms with Gasteiger partial charge in [-0.25, -0.2) is 17.5 Å². The Hall–Kier alpha value is -0.730. The topological polar surface area (TPSA) is 75.7 Å². The van der Waals surface area contributed by atoms with E-state index >= 15 is 0 Å². The third-order valence-corrected chi connectivity index (χ3v) is 4.81. The quantitative estimate of drug-likeness (QED) is 0.723. The molecule has 0 radical (unpaired) electrons. The fourth-order valence-corrected chi connectivity index (χ4v) is 3.67. The predicted molar refractivity (Wildman–Crippen MR) is 62.2 cm³/mol. The normalized spacial score (nSPS) is 35.7. The summed E-state index contributed by atoms with van der Waals surface area (Å²) in [6, 6.07) is -0.735. The van der Waals surface area contributed by atoms with E-state index in [-0.39, 0.29) is 24.6 Å². The van der Waals surface area contributed by atoms with Gasteiger partial charge in [-0.1, -0.05) is 0 Å². The number of ether oxygens (including phenoxy) is 1. The number of rotatable bonds is 2. The van der Waals surface area contributed by atoms with Crippen molar-refractivity contribution >= 4 is 15.9 Å². The van der Waals surface area contributed by atoms with Gasteiger partial charge in [0.1, 0.15) is 12.2 Å². The van der Waals surface area contributed by atoms with Gasteiger partial charge in [-0.2, -0.15) is 0 Å². The number of hydrogen-bond donors (Lipinski definition) is 1. The first-order valence-corrected chi connectivity index (χ1v) is 7.54. The summed E-state index contributed by atoms with van der Waals surface area (Å²) in [5.74, 6) is -0.384. The van der Waals surface area contributed by atoms with Crippen LogP contribution < -0.4 is 4.72 Å². The first kappa shape index (κ1) is 13.7. The Morgan fingerprint density at radius 3 is 2.67 bits per heavy atom. The van der Waals surface area contributed by atoms with E-state index in [9.17, 15) is 17.6 Å². The van der Waals surface area contributed by atoms with Crippen LogP contribution in [0.1, 0.15) is 12.8 Å². The molecule has 1 unspecified atom stereocenters. The second kappa shape index (κ2) is 5.10. The van der Waals surface area contributed by atoms with Crippen molar-refractivity contribution in [2.24, 2.45) is 0 Å². The molecular weight excluding hydrogens is 263 g/mol. The van der Waals surface area contributed by atoms with Gasteiger partial charge < -0.3 is 9.64 Å². The zero-order valence-corrected chi connectivity index (χ0v) is 11.0. The number of nitrogens with zero attached hydrogens (tertiary/aromatic N) is 1. The van der Waals surface area contributed by atoms with Crippen LogP contribution in [-0.4, -0.2) is 63.5 Å². The lowest BCUT2D eigenvalue weighted by molar-refractivity contribution is -0.137. The maximum Gasteiger partial charge on any atom is 0.240 e. The Kier molecular flexibility index (Phi) is 3.88. The lowest BCUT2D eigenvalue weighted by Crippen LogP contribution is -2.52. The highest BCUT2D eigenvalue weighted by molar-refractivity contribution is 7.89. The molecule has 1 N–H and O–H groups in total. The fourth-order valence-electron chi connectivity index (χ4n) is 2.35. The zero-order chi connectivity index (χ0) is 13.3. The van der Waals surface area contributed by atoms with Gasteiger partial charge in [0, 0.05) is 13.7 Å². The number of halogens is 1. The van der Waals surface area contributed by atoms with Crippen LogP contribution in [-0.2, 0) is 19.6 Å². The molecule has 0 spiro atoms. The lowest BCUT2D eigenvalue weighted by Gasteiger charge is -2.35. The molecule has 0 aromatic rings. The minimum absolute atomic E-state index is 0.0322. The van der Waals surface area contributed by atoms with Crippen molar-refractivity contribution in [3.63, 3.8) is 0 Å². The van der Waals surface area contributed by atoms with Crippen molar-refractivity contribution in [1.29, 1.82) is 0 Å². The van der Waals surface area contributed by atoms with Crippen LogP contribution in [0.15, 0.2) is 0 Å². The molecule has 2 fully saturated rings. The van der Waals surface area contributed by atoms with Crippen LogP contribution in [0, 0.1) is 0 Å². The molecule has 0 bridgehead atoms. The van der Waals surface area contributed by atoms with Crippen molar-refractivity contribution in [3.8, 4) is 0 Å². The predicted octanol–water partition coefficient (Wildman–Crippen LogP) is -0.736. The standard InChI is InChI=1S/C10H17FN2O4S/c1-17-9-2-4-13(6-7(9)11)10(14)8-3-5-18(15,16)12-8/h7-9,12H,2-6H2,1H3/t7-,8?,9+/m1/s1. The van der Waals surface area contributed by atoms with E-state index in [4.69, 9.17) is 4.74 Å². The summed E-state index contributed by atoms with van der Waals surface area (Å²) in [5.41, 5.74) is 0. The van der Waals surface area contributed by atoms with Gasteiger partial charge in [0.2, 0.25) is 15.9 Å². The molecule has 2 saturated heterocycles. The number of alkyl halides is 1. The van der Waals surface area contributed by atoms with Crippen LogP contribution in [0.3, 0.4) is 0 Å². The van der Waals surface area contributed by atoms with Crippen LogP contribution >= 0.6 is 0 Å². The number of sulfonamides is 1. The SMILES string of the molecule is CO[C@H]1CCN(C(=O)C2CCS(=O)(=O)N2)C[C@H]1F. The Balaban J connectivity index is 1.95. The summed E-state index contributed by atoms with van der Waals surface area (Å²) >= 11 is 0. The van der Waals surface area contributed by atoms with E-state index in [2.05, 4.69) is 4.72 Å². The summed E-state index contributed by atoms with van der Waals surface area (Å²) in [6.45, 7) is 0.367. The average molecular weight is 280 g/mol. The first-order chi connectivity index (χ1) is 8.43. The molecule has 2 heterocycles. The van der Waals surface area contributed by atoms with E-state index in [1.54, 1.807) is 0 Å². The van der Waals surface area contributed by atoms with Crippen molar-refractivity contribution in [2.75, 3.05) is 26.0 Å². The maximum absolute atomic E-state index is 13.6. The number of methoxy groups -OCH3 is 1. The molecule has 0 aromatic heterocycles. The molecule has 0 saturated carbocycles. The molecule has 3 atom stereocenters. The molecule has 2 aliphatic heterocycles. The third-order valence-electron chi connectivity index (χ3n) is 3.39. The van der Waals surface area contributed by atoms with Crippen LogP contribution in [0.4, 0.5) is 4.39 Å². The minimum atomic E-state index is -3.32. The summed E-state index contributed by atoms with van der Waals surface area (Å²) in [4.78, 5) is 13.4. The average Bonchev–Trinajstić information content (AvgIpc) is 2.68. The van der Waals surface area contributed by atoms with E-state index in [1.165, 1.54) is 12.0 Å². The van der Waals surface area contributed by atoms with Gasteiger partial charge in [0.15, 0.2) is 0 Å². The molecule has 6 nitrogen and oxygen atoms in total. The fraction of sp³-hybridized carbons (Fsp3) is 0.900. The highest BCUT2D eigenvalue weighted by atomic mass is 32.2. The smallest absolute Gasteiger partial charge is 0.240 e. The Morgan fingerprint density at radius 2 is 2.17 bits per heavy atom. The molecule has 2 rings (SSSR count). The van der Waals surface area contributed by atoms with Crippen LogP contribution in [0.25, 0.3) is 0 Å². The van der Waals surface area contributed by atoms with Crippen molar-refractivity contribution in [2.45, 2.75) is 31.2 Å².